The average Bonchev–Trinajstić information content (AvgIpc) is 3.37. The van der Waals surface area contributed by atoms with Gasteiger partial charge in [0.2, 0.25) is 0 Å². The van der Waals surface area contributed by atoms with E-state index in [0.717, 1.165) is 17.1 Å². The maximum atomic E-state index is 13.4. The number of methoxy groups -OCH3 is 2. The van der Waals surface area contributed by atoms with E-state index in [1.54, 1.807) is 54.5 Å². The van der Waals surface area contributed by atoms with Crippen LogP contribution in [-0.4, -0.2) is 30.6 Å². The van der Waals surface area contributed by atoms with Crippen LogP contribution in [0.25, 0.3) is 5.69 Å². The van der Waals surface area contributed by atoms with Gasteiger partial charge < -0.3 is 24.3 Å². The monoisotopic (exact) mass is 453 g/mol. The highest BCUT2D eigenvalue weighted by Crippen LogP contribution is 2.33. The lowest BCUT2D eigenvalue weighted by molar-refractivity contribution is 0.0982. The number of rotatable bonds is 5. The van der Waals surface area contributed by atoms with Gasteiger partial charge in [-0.05, 0) is 60.7 Å². The first-order chi connectivity index (χ1) is 16.6. The molecule has 0 aliphatic carbocycles. The molecule has 0 bridgehead atoms. The first kappa shape index (κ1) is 21.3. The molecule has 0 saturated carbocycles. The summed E-state index contributed by atoms with van der Waals surface area (Å²) in [5.41, 5.74) is 4.38. The van der Waals surface area contributed by atoms with E-state index in [1.807, 2.05) is 42.6 Å². The second-order valence-electron chi connectivity index (χ2n) is 7.85. The Morgan fingerprint density at radius 1 is 0.853 bits per heavy atom. The maximum Gasteiger partial charge on any atom is 0.259 e. The standard InChI is InChI=1S/C27H23N3O4/c1-33-21-13-14-22(25(16-21)34-2)26(31)28-19-11-9-18(10-12-19)27(32)30-17-20-6-5-15-29(20)23-7-3-4-8-24(23)30/h3-16H,17H2,1-2H3,(H,28,31). The Kier molecular flexibility index (Phi) is 5.51. The molecule has 3 aromatic carbocycles. The quantitative estimate of drug-likeness (QED) is 0.466. The third-order valence-electron chi connectivity index (χ3n) is 5.87. The fraction of sp³-hybridized carbons (Fsp3) is 0.111. The number of nitrogens with one attached hydrogen (secondary N) is 1. The zero-order valence-corrected chi connectivity index (χ0v) is 18.8. The molecule has 0 radical (unpaired) electrons. The lowest BCUT2D eigenvalue weighted by Crippen LogP contribution is -2.34. The highest BCUT2D eigenvalue weighted by molar-refractivity contribution is 6.09. The van der Waals surface area contributed by atoms with Gasteiger partial charge in [0.15, 0.2) is 0 Å². The van der Waals surface area contributed by atoms with E-state index in [2.05, 4.69) is 9.88 Å². The smallest absolute Gasteiger partial charge is 0.259 e. The van der Waals surface area contributed by atoms with Crippen molar-refractivity contribution >= 4 is 23.2 Å². The Bertz CT molecular complexity index is 1370. The van der Waals surface area contributed by atoms with E-state index < -0.39 is 0 Å². The lowest BCUT2D eigenvalue weighted by atomic mass is 10.1. The fourth-order valence-electron chi connectivity index (χ4n) is 4.14. The summed E-state index contributed by atoms with van der Waals surface area (Å²) in [6, 6.07) is 23.7. The molecule has 7 heteroatoms. The summed E-state index contributed by atoms with van der Waals surface area (Å²) in [6.45, 7) is 0.485. The van der Waals surface area contributed by atoms with E-state index in [1.165, 1.54) is 7.11 Å². The van der Waals surface area contributed by atoms with Gasteiger partial charge in [-0.3, -0.25) is 9.59 Å². The molecular weight excluding hydrogens is 430 g/mol. The number of anilines is 2. The van der Waals surface area contributed by atoms with Gasteiger partial charge >= 0.3 is 0 Å². The molecule has 2 amide bonds. The van der Waals surface area contributed by atoms with Gasteiger partial charge in [0.25, 0.3) is 11.8 Å². The SMILES string of the molecule is COc1ccc(C(=O)Nc2ccc(C(=O)N3Cc4cccn4-c4ccccc43)cc2)c(OC)c1. The molecule has 0 fully saturated rings. The van der Waals surface area contributed by atoms with Gasteiger partial charge in [-0.25, -0.2) is 0 Å². The summed E-state index contributed by atoms with van der Waals surface area (Å²) in [5, 5.41) is 2.85. The summed E-state index contributed by atoms with van der Waals surface area (Å²) in [5.74, 6) is 0.596. The topological polar surface area (TPSA) is 72.8 Å². The van der Waals surface area contributed by atoms with E-state index >= 15 is 0 Å². The number of nitrogens with zero attached hydrogens (tertiary/aromatic N) is 2. The van der Waals surface area contributed by atoms with Crippen LogP contribution in [0.5, 0.6) is 11.5 Å². The van der Waals surface area contributed by atoms with Crippen LogP contribution < -0.4 is 19.7 Å². The molecule has 4 aromatic rings. The minimum absolute atomic E-state index is 0.102. The van der Waals surface area contributed by atoms with Crippen LogP contribution in [0.4, 0.5) is 11.4 Å². The Hall–Kier alpha value is -4.52. The van der Waals surface area contributed by atoms with Crippen LogP contribution in [0.2, 0.25) is 0 Å². The number of ether oxygens (including phenoxy) is 2. The van der Waals surface area contributed by atoms with Crippen molar-refractivity contribution < 1.29 is 19.1 Å². The van der Waals surface area contributed by atoms with Gasteiger partial charge in [-0.2, -0.15) is 0 Å². The number of fused-ring (bicyclic) bond motifs is 3. The highest BCUT2D eigenvalue weighted by Gasteiger charge is 2.26. The minimum Gasteiger partial charge on any atom is -0.497 e. The van der Waals surface area contributed by atoms with Crippen LogP contribution >= 0.6 is 0 Å². The first-order valence-corrected chi connectivity index (χ1v) is 10.8. The average molecular weight is 453 g/mol. The molecule has 1 aliphatic heterocycles. The molecule has 0 spiro atoms. The van der Waals surface area contributed by atoms with Crippen molar-refractivity contribution in [2.75, 3.05) is 24.4 Å². The predicted molar refractivity (Wildman–Crippen MR) is 130 cm³/mol. The molecule has 5 rings (SSSR count). The normalized spacial score (nSPS) is 11.9. The zero-order chi connectivity index (χ0) is 23.7. The number of carbonyl (C=O) groups excluding carboxylic acids is 2. The number of benzene rings is 3. The van der Waals surface area contributed by atoms with E-state index in [9.17, 15) is 9.59 Å². The third-order valence-corrected chi connectivity index (χ3v) is 5.87. The summed E-state index contributed by atoms with van der Waals surface area (Å²) >= 11 is 0. The molecule has 0 atom stereocenters. The maximum absolute atomic E-state index is 13.4. The molecule has 7 nitrogen and oxygen atoms in total. The molecule has 1 aromatic heterocycles. The number of carbonyl (C=O) groups is 2. The Morgan fingerprint density at radius 2 is 1.62 bits per heavy atom. The van der Waals surface area contributed by atoms with Crippen molar-refractivity contribution in [2.24, 2.45) is 0 Å². The lowest BCUT2D eigenvalue weighted by Gasteiger charge is -2.31. The number of amides is 2. The molecule has 170 valence electrons. The van der Waals surface area contributed by atoms with Gasteiger partial charge in [0.1, 0.15) is 11.5 Å². The minimum atomic E-state index is -0.315. The van der Waals surface area contributed by atoms with Gasteiger partial charge in [-0.1, -0.05) is 12.1 Å². The van der Waals surface area contributed by atoms with Crippen LogP contribution in [0, 0.1) is 0 Å². The molecule has 2 heterocycles. The third kappa shape index (κ3) is 3.77. The summed E-state index contributed by atoms with van der Waals surface area (Å²) in [6.07, 6.45) is 2.01. The molecular formula is C27H23N3O4. The number of aromatic nitrogens is 1. The second-order valence-corrected chi connectivity index (χ2v) is 7.85. The molecule has 0 saturated heterocycles. The second kappa shape index (κ2) is 8.78. The number of hydrogen-bond donors (Lipinski definition) is 1. The van der Waals surface area contributed by atoms with E-state index in [4.69, 9.17) is 9.47 Å². The Balaban J connectivity index is 1.35. The van der Waals surface area contributed by atoms with E-state index in [-0.39, 0.29) is 11.8 Å². The van der Waals surface area contributed by atoms with Crippen LogP contribution in [-0.2, 0) is 6.54 Å². The summed E-state index contributed by atoms with van der Waals surface area (Å²) < 4.78 is 12.6. The van der Waals surface area contributed by atoms with Crippen molar-refractivity contribution in [3.05, 3.63) is 102 Å². The van der Waals surface area contributed by atoms with Crippen LogP contribution in [0.3, 0.4) is 0 Å². The number of para-hydroxylation sites is 2. The largest absolute Gasteiger partial charge is 0.497 e. The molecule has 1 N–H and O–H groups in total. The van der Waals surface area contributed by atoms with Crippen molar-refractivity contribution in [1.29, 1.82) is 0 Å². The van der Waals surface area contributed by atoms with Gasteiger partial charge in [-0.15, -0.1) is 0 Å². The van der Waals surface area contributed by atoms with Crippen molar-refractivity contribution in [3.63, 3.8) is 0 Å². The van der Waals surface area contributed by atoms with Crippen LogP contribution in [0.15, 0.2) is 85.1 Å². The van der Waals surface area contributed by atoms with Crippen molar-refractivity contribution in [3.8, 4) is 17.2 Å². The predicted octanol–water partition coefficient (Wildman–Crippen LogP) is 4.91. The molecule has 34 heavy (non-hydrogen) atoms. The number of hydrogen-bond acceptors (Lipinski definition) is 4. The molecule has 1 aliphatic rings. The van der Waals surface area contributed by atoms with E-state index in [0.29, 0.717) is 34.9 Å². The first-order valence-electron chi connectivity index (χ1n) is 10.8. The van der Waals surface area contributed by atoms with Gasteiger partial charge in [0, 0.05) is 29.2 Å². The van der Waals surface area contributed by atoms with Crippen molar-refractivity contribution in [1.82, 2.24) is 4.57 Å². The Morgan fingerprint density at radius 3 is 2.35 bits per heavy atom. The summed E-state index contributed by atoms with van der Waals surface area (Å²) in [7, 11) is 3.05. The summed E-state index contributed by atoms with van der Waals surface area (Å²) in [4.78, 5) is 28.0. The van der Waals surface area contributed by atoms with Crippen LogP contribution in [0.1, 0.15) is 26.4 Å². The van der Waals surface area contributed by atoms with Gasteiger partial charge in [0.05, 0.1) is 37.7 Å². The molecule has 0 unspecified atom stereocenters. The Labute approximate surface area is 197 Å². The zero-order valence-electron chi connectivity index (χ0n) is 18.8. The fourth-order valence-corrected chi connectivity index (χ4v) is 4.14. The highest BCUT2D eigenvalue weighted by atomic mass is 16.5. The van der Waals surface area contributed by atoms with Crippen molar-refractivity contribution in [2.45, 2.75) is 6.54 Å².